The van der Waals surface area contributed by atoms with Crippen LogP contribution in [0.2, 0.25) is 10.0 Å². The SMILES string of the molecule is COc1cc(C(=O)O)cc2sc(N3CCN(Cc4c(-c5c(Cl)cccc5Cl)noc4C(C)C)CC3C)nc12. The highest BCUT2D eigenvalue weighted by molar-refractivity contribution is 7.22. The molecule has 1 saturated heterocycles. The number of ether oxygens (including phenoxy) is 1. The lowest BCUT2D eigenvalue weighted by Gasteiger charge is -2.39. The van der Waals surface area contributed by atoms with Crippen LogP contribution in [0.15, 0.2) is 34.9 Å². The van der Waals surface area contributed by atoms with Crippen LogP contribution in [0.25, 0.3) is 21.5 Å². The van der Waals surface area contributed by atoms with Crippen LogP contribution in [0, 0.1) is 0 Å². The lowest BCUT2D eigenvalue weighted by molar-refractivity contribution is 0.0696. The van der Waals surface area contributed by atoms with Crippen LogP contribution < -0.4 is 9.64 Å². The number of carboxylic acids is 1. The fourth-order valence-corrected chi connectivity index (χ4v) is 6.65. The largest absolute Gasteiger partial charge is 0.494 e. The fourth-order valence-electron chi connectivity index (χ4n) is 4.92. The molecule has 0 amide bonds. The molecule has 4 aromatic rings. The van der Waals surface area contributed by atoms with Crippen molar-refractivity contribution in [2.24, 2.45) is 0 Å². The molecule has 0 saturated carbocycles. The standard InChI is InChI=1S/C27H28Cl2N4O4S/c1-14(2)25-17(23(31-37-25)22-18(28)6-5-7-19(22)29)13-32-8-9-33(15(3)12-32)27-30-24-20(36-4)10-16(26(34)35)11-21(24)38-27/h5-7,10-11,14-15H,8-9,12-13H2,1-4H3,(H,34,35). The quantitative estimate of drug-likeness (QED) is 0.257. The summed E-state index contributed by atoms with van der Waals surface area (Å²) in [4.78, 5) is 21.0. The van der Waals surface area contributed by atoms with E-state index in [9.17, 15) is 9.90 Å². The first-order valence-electron chi connectivity index (χ1n) is 12.3. The maximum atomic E-state index is 11.5. The Kier molecular flexibility index (Phi) is 7.55. The number of carbonyl (C=O) groups is 1. The summed E-state index contributed by atoms with van der Waals surface area (Å²) >= 11 is 14.5. The molecule has 1 aliphatic rings. The summed E-state index contributed by atoms with van der Waals surface area (Å²) in [5.41, 5.74) is 3.25. The molecule has 0 bridgehead atoms. The lowest BCUT2D eigenvalue weighted by atomic mass is 10.00. The van der Waals surface area contributed by atoms with Crippen molar-refractivity contribution in [3.8, 4) is 17.0 Å². The summed E-state index contributed by atoms with van der Waals surface area (Å²) in [7, 11) is 1.53. The first kappa shape index (κ1) is 26.7. The molecule has 2 aromatic carbocycles. The number of aromatic nitrogens is 2. The van der Waals surface area contributed by atoms with E-state index >= 15 is 0 Å². The highest BCUT2D eigenvalue weighted by Gasteiger charge is 2.30. The van der Waals surface area contributed by atoms with E-state index in [1.165, 1.54) is 24.5 Å². The molecule has 1 atom stereocenters. The molecule has 1 N–H and O–H groups in total. The number of aromatic carboxylic acids is 1. The number of halogens is 2. The average Bonchev–Trinajstić information content (AvgIpc) is 3.48. The van der Waals surface area contributed by atoms with Gasteiger partial charge in [-0.15, -0.1) is 0 Å². The molecular formula is C27H28Cl2N4O4S. The summed E-state index contributed by atoms with van der Waals surface area (Å²) < 4.78 is 12.0. The van der Waals surface area contributed by atoms with Crippen molar-refractivity contribution in [2.75, 3.05) is 31.6 Å². The van der Waals surface area contributed by atoms with Crippen molar-refractivity contribution >= 4 is 55.9 Å². The van der Waals surface area contributed by atoms with Gasteiger partial charge < -0.3 is 19.3 Å². The van der Waals surface area contributed by atoms with Gasteiger partial charge in [0.2, 0.25) is 0 Å². The highest BCUT2D eigenvalue weighted by atomic mass is 35.5. The van der Waals surface area contributed by atoms with Gasteiger partial charge in [0.15, 0.2) is 5.13 Å². The third kappa shape index (κ3) is 4.96. The smallest absolute Gasteiger partial charge is 0.335 e. The van der Waals surface area contributed by atoms with E-state index in [4.69, 9.17) is 37.4 Å². The number of fused-ring (bicyclic) bond motifs is 1. The highest BCUT2D eigenvalue weighted by Crippen LogP contribution is 2.40. The number of rotatable bonds is 7. The zero-order valence-corrected chi connectivity index (χ0v) is 23.8. The minimum Gasteiger partial charge on any atom is -0.494 e. The van der Waals surface area contributed by atoms with Gasteiger partial charge in [-0.3, -0.25) is 4.90 Å². The topological polar surface area (TPSA) is 91.9 Å². The molecule has 38 heavy (non-hydrogen) atoms. The molecule has 5 rings (SSSR count). The van der Waals surface area contributed by atoms with Gasteiger partial charge >= 0.3 is 5.97 Å². The Labute approximate surface area is 234 Å². The summed E-state index contributed by atoms with van der Waals surface area (Å²) in [5, 5.41) is 15.8. The molecule has 200 valence electrons. The number of piperazine rings is 1. The van der Waals surface area contributed by atoms with E-state index in [2.05, 4.69) is 35.7 Å². The van der Waals surface area contributed by atoms with Gasteiger partial charge in [0.05, 0.1) is 27.4 Å². The number of nitrogens with zero attached hydrogens (tertiary/aromatic N) is 4. The number of thiazole rings is 1. The minimum atomic E-state index is -0.992. The number of hydrogen-bond acceptors (Lipinski definition) is 8. The van der Waals surface area contributed by atoms with Crippen LogP contribution in [-0.4, -0.2) is 58.9 Å². The van der Waals surface area contributed by atoms with Crippen LogP contribution >= 0.6 is 34.5 Å². The minimum absolute atomic E-state index is 0.152. The third-order valence-corrected chi connectivity index (χ3v) is 8.47. The molecule has 8 nitrogen and oxygen atoms in total. The van der Waals surface area contributed by atoms with Gasteiger partial charge in [-0.2, -0.15) is 0 Å². The molecule has 11 heteroatoms. The number of methoxy groups -OCH3 is 1. The number of anilines is 1. The van der Waals surface area contributed by atoms with E-state index in [0.29, 0.717) is 39.1 Å². The molecule has 1 aliphatic heterocycles. The maximum absolute atomic E-state index is 11.5. The Morgan fingerprint density at radius 1 is 1.26 bits per heavy atom. The lowest BCUT2D eigenvalue weighted by Crippen LogP contribution is -2.51. The van der Waals surface area contributed by atoms with Gasteiger partial charge in [-0.25, -0.2) is 9.78 Å². The van der Waals surface area contributed by atoms with Crippen molar-refractivity contribution in [3.63, 3.8) is 0 Å². The Balaban J connectivity index is 1.40. The van der Waals surface area contributed by atoms with E-state index in [1.54, 1.807) is 6.07 Å². The molecule has 0 spiro atoms. The van der Waals surface area contributed by atoms with Gasteiger partial charge in [0.25, 0.3) is 0 Å². The number of benzene rings is 2. The van der Waals surface area contributed by atoms with Crippen molar-refractivity contribution < 1.29 is 19.2 Å². The predicted molar refractivity (Wildman–Crippen MR) is 151 cm³/mol. The molecule has 2 aromatic heterocycles. The number of hydrogen-bond donors (Lipinski definition) is 1. The van der Waals surface area contributed by atoms with Gasteiger partial charge in [0, 0.05) is 49.3 Å². The Morgan fingerprint density at radius 3 is 2.63 bits per heavy atom. The summed E-state index contributed by atoms with van der Waals surface area (Å²) in [6.45, 7) is 9.35. The molecule has 0 radical (unpaired) electrons. The van der Waals surface area contributed by atoms with E-state index in [-0.39, 0.29) is 17.5 Å². The second-order valence-electron chi connectivity index (χ2n) is 9.73. The monoisotopic (exact) mass is 574 g/mol. The molecular weight excluding hydrogens is 547 g/mol. The summed E-state index contributed by atoms with van der Waals surface area (Å²) in [5.74, 6) is 0.459. The fraction of sp³-hybridized carbons (Fsp3) is 0.370. The molecule has 1 unspecified atom stereocenters. The normalized spacial score (nSPS) is 16.5. The molecule has 0 aliphatic carbocycles. The number of carboxylic acid groups (broad SMARTS) is 1. The van der Waals surface area contributed by atoms with E-state index in [1.807, 2.05) is 18.2 Å². The average molecular weight is 576 g/mol. The Morgan fingerprint density at radius 2 is 2.00 bits per heavy atom. The van der Waals surface area contributed by atoms with Crippen molar-refractivity contribution in [1.29, 1.82) is 0 Å². The van der Waals surface area contributed by atoms with Gasteiger partial charge in [-0.1, -0.05) is 59.6 Å². The third-order valence-electron chi connectivity index (χ3n) is 6.80. The first-order valence-corrected chi connectivity index (χ1v) is 13.9. The molecule has 1 fully saturated rings. The van der Waals surface area contributed by atoms with Crippen LogP contribution in [0.1, 0.15) is 48.4 Å². The van der Waals surface area contributed by atoms with Crippen molar-refractivity contribution in [1.82, 2.24) is 15.0 Å². The predicted octanol–water partition coefficient (Wildman–Crippen LogP) is 6.80. The van der Waals surface area contributed by atoms with Crippen LogP contribution in [-0.2, 0) is 6.54 Å². The Hall–Kier alpha value is -2.85. The maximum Gasteiger partial charge on any atom is 0.335 e. The summed E-state index contributed by atoms with van der Waals surface area (Å²) in [6, 6.07) is 8.78. The zero-order chi connectivity index (χ0) is 27.1. The first-order chi connectivity index (χ1) is 18.2. The Bertz CT molecular complexity index is 1480. The second kappa shape index (κ2) is 10.7. The zero-order valence-electron chi connectivity index (χ0n) is 21.5. The van der Waals surface area contributed by atoms with Crippen LogP contribution in [0.3, 0.4) is 0 Å². The molecule has 3 heterocycles. The van der Waals surface area contributed by atoms with Gasteiger partial charge in [0.1, 0.15) is 22.7 Å². The van der Waals surface area contributed by atoms with Crippen LogP contribution in [0.5, 0.6) is 5.75 Å². The van der Waals surface area contributed by atoms with E-state index < -0.39 is 5.97 Å². The van der Waals surface area contributed by atoms with Crippen molar-refractivity contribution in [2.45, 2.75) is 39.3 Å². The van der Waals surface area contributed by atoms with E-state index in [0.717, 1.165) is 40.8 Å². The van der Waals surface area contributed by atoms with Crippen LogP contribution in [0.4, 0.5) is 5.13 Å². The van der Waals surface area contributed by atoms with Gasteiger partial charge in [-0.05, 0) is 31.2 Å². The van der Waals surface area contributed by atoms with Crippen molar-refractivity contribution in [3.05, 3.63) is 57.3 Å². The summed E-state index contributed by atoms with van der Waals surface area (Å²) in [6.07, 6.45) is 0. The second-order valence-corrected chi connectivity index (χ2v) is 11.6.